The molecule has 0 atom stereocenters. The summed E-state index contributed by atoms with van der Waals surface area (Å²) in [4.78, 5) is 6.87. The maximum Gasteiger partial charge on any atom is 0.123 e. The van der Waals surface area contributed by atoms with Crippen molar-refractivity contribution >= 4 is 11.0 Å². The van der Waals surface area contributed by atoms with Crippen LogP contribution in [0.15, 0.2) is 18.2 Å². The summed E-state index contributed by atoms with van der Waals surface area (Å²) in [5.41, 5.74) is 9.43. The Morgan fingerprint density at radius 3 is 2.74 bits per heavy atom. The largest absolute Gasteiger partial charge is 0.327 e. The molecular formula is C15H24N4. The van der Waals surface area contributed by atoms with Crippen molar-refractivity contribution in [3.8, 4) is 0 Å². The van der Waals surface area contributed by atoms with Crippen LogP contribution in [0.3, 0.4) is 0 Å². The van der Waals surface area contributed by atoms with Crippen molar-refractivity contribution in [3.05, 3.63) is 29.6 Å². The molecule has 0 radical (unpaired) electrons. The molecule has 0 amide bonds. The number of rotatable bonds is 6. The summed E-state index contributed by atoms with van der Waals surface area (Å²) < 4.78 is 2.26. The van der Waals surface area contributed by atoms with Crippen molar-refractivity contribution in [1.82, 2.24) is 14.5 Å². The van der Waals surface area contributed by atoms with Crippen molar-refractivity contribution in [2.45, 2.75) is 32.9 Å². The molecule has 0 unspecified atom stereocenters. The molecule has 0 spiro atoms. The summed E-state index contributed by atoms with van der Waals surface area (Å²) >= 11 is 0. The van der Waals surface area contributed by atoms with Gasteiger partial charge in [0.15, 0.2) is 0 Å². The molecular weight excluding hydrogens is 236 g/mol. The predicted octanol–water partition coefficient (Wildman–Crippen LogP) is 2.01. The van der Waals surface area contributed by atoms with Gasteiger partial charge in [0.1, 0.15) is 5.82 Å². The number of imidazole rings is 1. The first-order valence-corrected chi connectivity index (χ1v) is 6.98. The Balaban J connectivity index is 2.29. The van der Waals surface area contributed by atoms with Crippen LogP contribution < -0.4 is 5.73 Å². The van der Waals surface area contributed by atoms with E-state index in [0.29, 0.717) is 6.54 Å². The van der Waals surface area contributed by atoms with E-state index in [9.17, 15) is 0 Å². The van der Waals surface area contributed by atoms with Gasteiger partial charge < -0.3 is 15.2 Å². The lowest BCUT2D eigenvalue weighted by molar-refractivity contribution is 0.386. The zero-order chi connectivity index (χ0) is 13.8. The van der Waals surface area contributed by atoms with Gasteiger partial charge in [0.25, 0.3) is 0 Å². The molecule has 0 fully saturated rings. The van der Waals surface area contributed by atoms with E-state index in [0.717, 1.165) is 37.3 Å². The molecule has 0 aliphatic carbocycles. The van der Waals surface area contributed by atoms with Gasteiger partial charge in [0.2, 0.25) is 0 Å². The molecule has 0 saturated carbocycles. The second-order valence-electron chi connectivity index (χ2n) is 5.22. The van der Waals surface area contributed by atoms with Gasteiger partial charge in [-0.05, 0) is 51.2 Å². The van der Waals surface area contributed by atoms with Gasteiger partial charge in [-0.25, -0.2) is 4.98 Å². The van der Waals surface area contributed by atoms with E-state index in [2.05, 4.69) is 53.7 Å². The summed E-state index contributed by atoms with van der Waals surface area (Å²) in [7, 11) is 4.20. The van der Waals surface area contributed by atoms with Crippen molar-refractivity contribution in [2.75, 3.05) is 20.6 Å². The fraction of sp³-hybridized carbons (Fsp3) is 0.533. The lowest BCUT2D eigenvalue weighted by atomic mass is 10.1. The van der Waals surface area contributed by atoms with Crippen LogP contribution in [0, 0.1) is 0 Å². The van der Waals surface area contributed by atoms with Crippen molar-refractivity contribution in [3.63, 3.8) is 0 Å². The van der Waals surface area contributed by atoms with Gasteiger partial charge >= 0.3 is 0 Å². The molecule has 19 heavy (non-hydrogen) atoms. The Bertz CT molecular complexity index is 542. The maximum atomic E-state index is 5.82. The minimum atomic E-state index is 0.498. The van der Waals surface area contributed by atoms with Gasteiger partial charge in [0.05, 0.1) is 17.6 Å². The molecule has 4 nitrogen and oxygen atoms in total. The number of hydrogen-bond donors (Lipinski definition) is 1. The predicted molar refractivity (Wildman–Crippen MR) is 80.2 cm³/mol. The maximum absolute atomic E-state index is 5.82. The van der Waals surface area contributed by atoms with E-state index < -0.39 is 0 Å². The van der Waals surface area contributed by atoms with Crippen LogP contribution in [0.25, 0.3) is 11.0 Å². The third-order valence-corrected chi connectivity index (χ3v) is 3.47. The fourth-order valence-corrected chi connectivity index (χ4v) is 2.40. The third-order valence-electron chi connectivity index (χ3n) is 3.47. The van der Waals surface area contributed by atoms with Crippen LogP contribution in [0.5, 0.6) is 0 Å². The van der Waals surface area contributed by atoms with Crippen LogP contribution in [0.2, 0.25) is 0 Å². The second-order valence-corrected chi connectivity index (χ2v) is 5.22. The van der Waals surface area contributed by atoms with Gasteiger partial charge in [-0.15, -0.1) is 0 Å². The van der Waals surface area contributed by atoms with E-state index in [4.69, 9.17) is 5.73 Å². The smallest absolute Gasteiger partial charge is 0.123 e. The topological polar surface area (TPSA) is 47.1 Å². The monoisotopic (exact) mass is 260 g/mol. The Kier molecular flexibility index (Phi) is 4.56. The number of aryl methyl sites for hydroxylation is 2. The number of nitrogens with two attached hydrogens (primary N) is 1. The van der Waals surface area contributed by atoms with Crippen LogP contribution in [0.1, 0.15) is 24.7 Å². The van der Waals surface area contributed by atoms with Gasteiger partial charge in [-0.1, -0.05) is 13.0 Å². The van der Waals surface area contributed by atoms with E-state index >= 15 is 0 Å². The summed E-state index contributed by atoms with van der Waals surface area (Å²) in [5, 5.41) is 0. The molecule has 0 aliphatic heterocycles. The Labute approximate surface area is 115 Å². The highest BCUT2D eigenvalue weighted by atomic mass is 15.1. The van der Waals surface area contributed by atoms with Crippen LogP contribution in [0.4, 0.5) is 0 Å². The van der Waals surface area contributed by atoms with Gasteiger partial charge in [-0.2, -0.15) is 0 Å². The number of nitrogens with zero attached hydrogens (tertiary/aromatic N) is 3. The van der Waals surface area contributed by atoms with Gasteiger partial charge in [-0.3, -0.25) is 0 Å². The molecule has 2 aromatic rings. The highest BCUT2D eigenvalue weighted by Crippen LogP contribution is 2.18. The first kappa shape index (κ1) is 14.0. The second kappa shape index (κ2) is 6.17. The number of fused-ring (bicyclic) bond motifs is 1. The van der Waals surface area contributed by atoms with E-state index in [1.54, 1.807) is 0 Å². The minimum Gasteiger partial charge on any atom is -0.327 e. The number of hydrogen-bond acceptors (Lipinski definition) is 3. The zero-order valence-electron chi connectivity index (χ0n) is 12.2. The lowest BCUT2D eigenvalue weighted by Gasteiger charge is -2.11. The molecule has 2 rings (SSSR count). The van der Waals surface area contributed by atoms with Gasteiger partial charge in [0, 0.05) is 6.54 Å². The van der Waals surface area contributed by atoms with E-state index in [1.807, 2.05) is 0 Å². The minimum absolute atomic E-state index is 0.498. The van der Waals surface area contributed by atoms with E-state index in [1.165, 1.54) is 11.1 Å². The number of benzene rings is 1. The van der Waals surface area contributed by atoms with Crippen LogP contribution in [-0.4, -0.2) is 35.1 Å². The molecule has 0 aliphatic rings. The van der Waals surface area contributed by atoms with Crippen molar-refractivity contribution < 1.29 is 0 Å². The molecule has 104 valence electrons. The molecule has 1 aromatic heterocycles. The zero-order valence-corrected chi connectivity index (χ0v) is 12.2. The molecule has 2 N–H and O–H groups in total. The highest BCUT2D eigenvalue weighted by molar-refractivity contribution is 5.77. The molecule has 1 aromatic carbocycles. The van der Waals surface area contributed by atoms with Crippen molar-refractivity contribution in [1.29, 1.82) is 0 Å². The third kappa shape index (κ3) is 3.14. The Morgan fingerprint density at radius 1 is 1.32 bits per heavy atom. The normalized spacial score (nSPS) is 11.6. The number of aromatic nitrogens is 2. The summed E-state index contributed by atoms with van der Waals surface area (Å²) in [6.45, 7) is 4.72. The molecule has 0 saturated heterocycles. The standard InChI is InChI=1S/C15H24N4/c1-4-12-6-7-14-13(10-12)17-15(11-16)19(14)9-5-8-18(2)3/h6-7,10H,4-5,8-9,11,16H2,1-3H3. The fourth-order valence-electron chi connectivity index (χ4n) is 2.40. The summed E-state index contributed by atoms with van der Waals surface area (Å²) in [6.07, 6.45) is 2.16. The molecule has 1 heterocycles. The van der Waals surface area contributed by atoms with Crippen molar-refractivity contribution in [2.24, 2.45) is 5.73 Å². The average Bonchev–Trinajstić information content (AvgIpc) is 2.75. The van der Waals surface area contributed by atoms with E-state index in [-0.39, 0.29) is 0 Å². The first-order chi connectivity index (χ1) is 9.15. The molecule has 4 heteroatoms. The SMILES string of the molecule is CCc1ccc2c(c1)nc(CN)n2CCCN(C)C. The lowest BCUT2D eigenvalue weighted by Crippen LogP contribution is -2.16. The summed E-state index contributed by atoms with van der Waals surface area (Å²) in [5.74, 6) is 0.988. The Hall–Kier alpha value is -1.39. The molecule has 0 bridgehead atoms. The average molecular weight is 260 g/mol. The summed E-state index contributed by atoms with van der Waals surface area (Å²) in [6, 6.07) is 6.54. The van der Waals surface area contributed by atoms with Crippen LogP contribution >= 0.6 is 0 Å². The highest BCUT2D eigenvalue weighted by Gasteiger charge is 2.09. The van der Waals surface area contributed by atoms with Crippen LogP contribution in [-0.2, 0) is 19.5 Å². The Morgan fingerprint density at radius 2 is 2.11 bits per heavy atom. The quantitative estimate of drug-likeness (QED) is 0.864. The first-order valence-electron chi connectivity index (χ1n) is 6.98.